The highest BCUT2D eigenvalue weighted by molar-refractivity contribution is 5.97. The van der Waals surface area contributed by atoms with Crippen LogP contribution in [-0.4, -0.2) is 38.6 Å². The molecular weight excluding hydrogens is 402 g/mol. The summed E-state index contributed by atoms with van der Waals surface area (Å²) in [4.78, 5) is 18.2. The van der Waals surface area contributed by atoms with E-state index in [1.807, 2.05) is 32.8 Å². The zero-order valence-electron chi connectivity index (χ0n) is 17.8. The number of anilines is 1. The van der Waals surface area contributed by atoms with E-state index in [2.05, 4.69) is 20.3 Å². The molecule has 1 aliphatic heterocycles. The average molecular weight is 426 g/mol. The second kappa shape index (κ2) is 9.46. The van der Waals surface area contributed by atoms with Gasteiger partial charge in [0.15, 0.2) is 0 Å². The number of hydrogen-bond acceptors (Lipinski definition) is 5. The third kappa shape index (κ3) is 4.45. The number of aryl methyl sites for hydroxylation is 1. The first kappa shape index (κ1) is 22.1. The highest BCUT2D eigenvalue weighted by Gasteiger charge is 2.31. The number of aromatic amines is 1. The zero-order valence-corrected chi connectivity index (χ0v) is 17.8. The largest absolute Gasteiger partial charge is 0.373 e. The van der Waals surface area contributed by atoms with Gasteiger partial charge in [0.1, 0.15) is 23.8 Å². The molecule has 3 heterocycles. The maximum absolute atomic E-state index is 13.8. The van der Waals surface area contributed by atoms with Gasteiger partial charge in [-0.15, -0.1) is 0 Å². The van der Waals surface area contributed by atoms with Crippen LogP contribution < -0.4 is 10.5 Å². The first-order chi connectivity index (χ1) is 15.0. The van der Waals surface area contributed by atoms with E-state index in [1.165, 1.54) is 30.6 Å². The number of nitrogens with one attached hydrogen (secondary N) is 1. The van der Waals surface area contributed by atoms with Crippen LogP contribution in [0.2, 0.25) is 0 Å². The fourth-order valence-corrected chi connectivity index (χ4v) is 3.52. The van der Waals surface area contributed by atoms with Crippen molar-refractivity contribution in [2.75, 3.05) is 18.5 Å². The van der Waals surface area contributed by atoms with E-state index in [-0.39, 0.29) is 11.7 Å². The molecule has 0 saturated heterocycles. The van der Waals surface area contributed by atoms with Crippen molar-refractivity contribution in [2.24, 2.45) is 7.05 Å². The lowest BCUT2D eigenvalue weighted by molar-refractivity contribution is 0.610. The Balaban J connectivity index is 0.000000256. The summed E-state index contributed by atoms with van der Waals surface area (Å²) in [7, 11) is 3.67. The molecule has 4 aromatic rings. The number of H-pyrrole nitrogens is 1. The lowest BCUT2D eigenvalue weighted by Gasteiger charge is -2.31. The summed E-state index contributed by atoms with van der Waals surface area (Å²) in [6, 6.07) is 10.6. The van der Waals surface area contributed by atoms with Gasteiger partial charge in [0.25, 0.3) is 5.56 Å². The Labute approximate surface area is 178 Å². The molecule has 9 heteroatoms. The number of halogens is 2. The normalized spacial score (nSPS) is 14.4. The predicted octanol–water partition coefficient (Wildman–Crippen LogP) is 3.62. The Kier molecular flexibility index (Phi) is 6.74. The molecular formula is C22H24F2N6O. The molecule has 0 fully saturated rings. The van der Waals surface area contributed by atoms with E-state index in [4.69, 9.17) is 0 Å². The van der Waals surface area contributed by atoms with E-state index in [0.29, 0.717) is 28.7 Å². The first-order valence-corrected chi connectivity index (χ1v) is 9.93. The van der Waals surface area contributed by atoms with Crippen LogP contribution in [0.4, 0.5) is 14.5 Å². The van der Waals surface area contributed by atoms with Crippen LogP contribution >= 0.6 is 0 Å². The molecule has 0 radical (unpaired) electrons. The summed E-state index contributed by atoms with van der Waals surface area (Å²) < 4.78 is 27.4. The standard InChI is InChI=1S/C14H13FN6O.C6H5F.C2H6/c1-20-5-9(13-16-6-17-21(13)2)12-11-8(14(22)19-18-12)3-7(15)4-10(11)20;7-6-4-2-1-3-5-6;1-2/h3-4,6,9H,5H2,1-2H3,(H,19,22);1-5H;1-2H3. The fraction of sp³-hybridized carbons (Fsp3) is 0.273. The van der Waals surface area contributed by atoms with Crippen molar-refractivity contribution in [3.8, 4) is 0 Å². The summed E-state index contributed by atoms with van der Waals surface area (Å²) in [5, 5.41) is 11.7. The van der Waals surface area contributed by atoms with Gasteiger partial charge in [-0.2, -0.15) is 10.2 Å². The monoisotopic (exact) mass is 426 g/mol. The summed E-state index contributed by atoms with van der Waals surface area (Å²) >= 11 is 0. The summed E-state index contributed by atoms with van der Waals surface area (Å²) in [6.07, 6.45) is 1.48. The molecule has 1 unspecified atom stereocenters. The number of hydrogen-bond donors (Lipinski definition) is 1. The molecule has 0 aliphatic carbocycles. The maximum atomic E-state index is 13.8. The number of nitrogens with zero attached hydrogens (tertiary/aromatic N) is 5. The van der Waals surface area contributed by atoms with Crippen LogP contribution in [0.1, 0.15) is 31.3 Å². The smallest absolute Gasteiger partial charge is 0.272 e. The fourth-order valence-electron chi connectivity index (χ4n) is 3.52. The average Bonchev–Trinajstić information content (AvgIpc) is 3.20. The quantitative estimate of drug-likeness (QED) is 0.503. The molecule has 1 atom stereocenters. The Morgan fingerprint density at radius 3 is 2.35 bits per heavy atom. The van der Waals surface area contributed by atoms with E-state index < -0.39 is 11.4 Å². The van der Waals surface area contributed by atoms with Crippen LogP contribution in [-0.2, 0) is 7.05 Å². The molecule has 0 bridgehead atoms. The summed E-state index contributed by atoms with van der Waals surface area (Å²) in [6.45, 7) is 4.58. The Hall–Kier alpha value is -3.62. The highest BCUT2D eigenvalue weighted by Crippen LogP contribution is 2.38. The van der Waals surface area contributed by atoms with Gasteiger partial charge in [-0.05, 0) is 24.3 Å². The van der Waals surface area contributed by atoms with Crippen molar-refractivity contribution < 1.29 is 8.78 Å². The Morgan fingerprint density at radius 1 is 1.06 bits per heavy atom. The van der Waals surface area contributed by atoms with Gasteiger partial charge < -0.3 is 4.90 Å². The van der Waals surface area contributed by atoms with Crippen molar-refractivity contribution in [3.05, 3.63) is 82.3 Å². The van der Waals surface area contributed by atoms with E-state index >= 15 is 0 Å². The molecule has 162 valence electrons. The highest BCUT2D eigenvalue weighted by atomic mass is 19.1. The number of likely N-dealkylation sites (N-methyl/N-ethyl adjacent to an activating group) is 1. The minimum absolute atomic E-state index is 0.144. The zero-order chi connectivity index (χ0) is 22.5. The minimum Gasteiger partial charge on any atom is -0.373 e. The van der Waals surface area contributed by atoms with Crippen LogP contribution in [0.5, 0.6) is 0 Å². The molecule has 7 nitrogen and oxygen atoms in total. The van der Waals surface area contributed by atoms with Gasteiger partial charge >= 0.3 is 0 Å². The van der Waals surface area contributed by atoms with Gasteiger partial charge in [-0.25, -0.2) is 18.9 Å². The lowest BCUT2D eigenvalue weighted by Crippen LogP contribution is -2.33. The van der Waals surface area contributed by atoms with Crippen LogP contribution in [0.25, 0.3) is 10.8 Å². The molecule has 1 aliphatic rings. The molecule has 2 aromatic heterocycles. The number of benzene rings is 2. The molecule has 1 N–H and O–H groups in total. The van der Waals surface area contributed by atoms with E-state index in [0.717, 1.165) is 5.82 Å². The molecule has 0 amide bonds. The van der Waals surface area contributed by atoms with Crippen LogP contribution in [0, 0.1) is 11.6 Å². The second-order valence-corrected chi connectivity index (χ2v) is 6.76. The van der Waals surface area contributed by atoms with E-state index in [9.17, 15) is 13.6 Å². The number of rotatable bonds is 1. The minimum atomic E-state index is -0.436. The predicted molar refractivity (Wildman–Crippen MR) is 116 cm³/mol. The molecule has 0 saturated carbocycles. The van der Waals surface area contributed by atoms with Gasteiger partial charge in [0, 0.05) is 31.7 Å². The van der Waals surface area contributed by atoms with Gasteiger partial charge in [-0.1, -0.05) is 32.0 Å². The molecule has 5 rings (SSSR count). The third-order valence-corrected chi connectivity index (χ3v) is 4.85. The van der Waals surface area contributed by atoms with Crippen LogP contribution in [0.3, 0.4) is 0 Å². The summed E-state index contributed by atoms with van der Waals surface area (Å²) in [5.74, 6) is -0.00547. The Morgan fingerprint density at radius 2 is 1.77 bits per heavy atom. The van der Waals surface area contributed by atoms with E-state index in [1.54, 1.807) is 22.9 Å². The number of aromatic nitrogens is 5. The SMILES string of the molecule is CC.CN1CC(c2ncnn2C)c2n[nH]c(=O)c3cc(F)cc1c23.Fc1ccccc1. The summed E-state index contributed by atoms with van der Waals surface area (Å²) in [5.41, 5.74) is 0.965. The van der Waals surface area contributed by atoms with Gasteiger partial charge in [0.2, 0.25) is 0 Å². The van der Waals surface area contributed by atoms with Crippen LogP contribution in [0.15, 0.2) is 53.6 Å². The third-order valence-electron chi connectivity index (χ3n) is 4.85. The van der Waals surface area contributed by atoms with Gasteiger partial charge in [-0.3, -0.25) is 9.48 Å². The van der Waals surface area contributed by atoms with Gasteiger partial charge in [0.05, 0.1) is 17.0 Å². The first-order valence-electron chi connectivity index (χ1n) is 9.93. The molecule has 0 spiro atoms. The van der Waals surface area contributed by atoms with Crippen molar-refractivity contribution in [3.63, 3.8) is 0 Å². The van der Waals surface area contributed by atoms with Crippen molar-refractivity contribution >= 4 is 16.5 Å². The Bertz CT molecular complexity index is 1220. The lowest BCUT2D eigenvalue weighted by atomic mass is 9.93. The maximum Gasteiger partial charge on any atom is 0.272 e. The van der Waals surface area contributed by atoms with Crippen molar-refractivity contribution in [1.82, 2.24) is 25.0 Å². The van der Waals surface area contributed by atoms with Crippen molar-refractivity contribution in [1.29, 1.82) is 0 Å². The molecule has 31 heavy (non-hydrogen) atoms. The molecule has 2 aromatic carbocycles. The topological polar surface area (TPSA) is 79.7 Å². The van der Waals surface area contributed by atoms with Crippen molar-refractivity contribution in [2.45, 2.75) is 19.8 Å². The second-order valence-electron chi connectivity index (χ2n) is 6.76.